The fourth-order valence-corrected chi connectivity index (χ4v) is 5.61. The second kappa shape index (κ2) is 7.73. The third-order valence-electron chi connectivity index (χ3n) is 7.23. The van der Waals surface area contributed by atoms with Crippen molar-refractivity contribution >= 4 is 17.3 Å². The van der Waals surface area contributed by atoms with Gasteiger partial charge in [-0.25, -0.2) is 0 Å². The average molecular weight is 408 g/mol. The van der Waals surface area contributed by atoms with Crippen molar-refractivity contribution in [2.75, 3.05) is 0 Å². The highest BCUT2D eigenvalue weighted by atomic mass is 16.2. The lowest BCUT2D eigenvalue weighted by molar-refractivity contribution is -0.119. The van der Waals surface area contributed by atoms with Gasteiger partial charge in [-0.05, 0) is 42.7 Å². The molecule has 1 saturated carbocycles. The quantitative estimate of drug-likeness (QED) is 0.429. The summed E-state index contributed by atoms with van der Waals surface area (Å²) < 4.78 is 0. The first-order valence-corrected chi connectivity index (χ1v) is 10.9. The fourth-order valence-electron chi connectivity index (χ4n) is 5.61. The summed E-state index contributed by atoms with van der Waals surface area (Å²) in [7, 11) is 0. The largest absolute Gasteiger partial charge is 0.293 e. The van der Waals surface area contributed by atoms with Crippen LogP contribution in [-0.4, -0.2) is 17.3 Å². The Morgan fingerprint density at radius 1 is 0.581 bits per heavy atom. The van der Waals surface area contributed by atoms with Crippen LogP contribution in [0.25, 0.3) is 0 Å². The molecule has 3 aromatic carbocycles. The summed E-state index contributed by atoms with van der Waals surface area (Å²) in [5, 5.41) is 0. The summed E-state index contributed by atoms with van der Waals surface area (Å²) in [6.45, 7) is 0. The summed E-state index contributed by atoms with van der Waals surface area (Å²) in [6, 6.07) is 27.7. The van der Waals surface area contributed by atoms with E-state index in [0.717, 1.165) is 25.7 Å². The Labute approximate surface area is 182 Å². The third kappa shape index (κ3) is 3.16. The Morgan fingerprint density at radius 3 is 1.61 bits per heavy atom. The molecule has 0 saturated heterocycles. The second-order valence-corrected chi connectivity index (χ2v) is 8.73. The zero-order valence-electron chi connectivity index (χ0n) is 17.3. The van der Waals surface area contributed by atoms with Crippen LogP contribution in [0.1, 0.15) is 57.5 Å². The van der Waals surface area contributed by atoms with Gasteiger partial charge in [-0.3, -0.25) is 14.4 Å². The number of Topliss-reactive ketones (excluding diaryl/α,β-unsaturated/α-hetero) is 3. The normalized spacial score (nSPS) is 21.0. The van der Waals surface area contributed by atoms with Crippen molar-refractivity contribution in [3.05, 3.63) is 107 Å². The molecular formula is C28H24O3. The minimum absolute atomic E-state index is 0.0992. The lowest BCUT2D eigenvalue weighted by Crippen LogP contribution is -2.44. The van der Waals surface area contributed by atoms with E-state index >= 15 is 0 Å². The number of carbonyl (C=O) groups is 3. The molecule has 31 heavy (non-hydrogen) atoms. The molecule has 0 heterocycles. The molecule has 2 aliphatic rings. The molecule has 3 heteroatoms. The van der Waals surface area contributed by atoms with Gasteiger partial charge in [0, 0.05) is 16.5 Å². The van der Waals surface area contributed by atoms with Crippen molar-refractivity contribution in [2.45, 2.75) is 31.1 Å². The van der Waals surface area contributed by atoms with Crippen molar-refractivity contribution in [1.82, 2.24) is 0 Å². The van der Waals surface area contributed by atoms with Crippen LogP contribution in [0, 0.1) is 11.8 Å². The molecule has 1 unspecified atom stereocenters. The van der Waals surface area contributed by atoms with Gasteiger partial charge in [0.15, 0.2) is 5.78 Å². The van der Waals surface area contributed by atoms with Crippen molar-refractivity contribution in [2.24, 2.45) is 11.8 Å². The lowest BCUT2D eigenvalue weighted by Gasteiger charge is -2.43. The van der Waals surface area contributed by atoms with E-state index in [0.29, 0.717) is 5.56 Å². The van der Waals surface area contributed by atoms with Gasteiger partial charge in [-0.2, -0.15) is 0 Å². The predicted molar refractivity (Wildman–Crippen MR) is 119 cm³/mol. The number of rotatable bonds is 3. The highest BCUT2D eigenvalue weighted by molar-refractivity contribution is 6.51. The molecule has 0 bridgehead atoms. The van der Waals surface area contributed by atoms with E-state index in [1.54, 1.807) is 24.3 Å². The Bertz CT molecular complexity index is 1100. The first kappa shape index (κ1) is 19.6. The molecule has 0 spiro atoms. The lowest BCUT2D eigenvalue weighted by atomic mass is 9.59. The van der Waals surface area contributed by atoms with Gasteiger partial charge in [0.05, 0.1) is 5.92 Å². The van der Waals surface area contributed by atoms with Crippen LogP contribution < -0.4 is 0 Å². The van der Waals surface area contributed by atoms with E-state index in [1.807, 2.05) is 12.1 Å². The minimum atomic E-state index is -0.841. The molecule has 1 fully saturated rings. The Morgan fingerprint density at radius 2 is 1.06 bits per heavy atom. The fraction of sp³-hybridized carbons (Fsp3) is 0.250. The van der Waals surface area contributed by atoms with Gasteiger partial charge in [0.1, 0.15) is 0 Å². The third-order valence-corrected chi connectivity index (χ3v) is 7.23. The van der Waals surface area contributed by atoms with Gasteiger partial charge in [0.25, 0.3) is 0 Å². The first-order valence-electron chi connectivity index (χ1n) is 10.9. The first-order chi connectivity index (χ1) is 15.1. The van der Waals surface area contributed by atoms with E-state index in [-0.39, 0.29) is 22.7 Å². The molecule has 3 aromatic rings. The van der Waals surface area contributed by atoms with Crippen LogP contribution >= 0.6 is 0 Å². The molecule has 0 aromatic heterocycles. The van der Waals surface area contributed by atoms with Gasteiger partial charge < -0.3 is 0 Å². The van der Waals surface area contributed by atoms with Crippen molar-refractivity contribution < 1.29 is 14.4 Å². The maximum atomic E-state index is 13.2. The van der Waals surface area contributed by atoms with Crippen LogP contribution in [0.5, 0.6) is 0 Å². The summed E-state index contributed by atoms with van der Waals surface area (Å²) in [5.41, 5.74) is 3.05. The van der Waals surface area contributed by atoms with E-state index < -0.39 is 17.5 Å². The van der Waals surface area contributed by atoms with Crippen molar-refractivity contribution in [3.8, 4) is 0 Å². The molecule has 0 aliphatic heterocycles. The zero-order valence-corrected chi connectivity index (χ0v) is 17.3. The second-order valence-electron chi connectivity index (χ2n) is 8.73. The Balaban J connectivity index is 1.47. The van der Waals surface area contributed by atoms with Crippen LogP contribution in [0.2, 0.25) is 0 Å². The zero-order chi connectivity index (χ0) is 21.4. The summed E-state index contributed by atoms with van der Waals surface area (Å²) in [5.74, 6) is -2.16. The molecule has 0 amide bonds. The average Bonchev–Trinajstić information content (AvgIpc) is 2.84. The number of hydrogen-bond donors (Lipinski definition) is 0. The van der Waals surface area contributed by atoms with Gasteiger partial charge in [-0.1, -0.05) is 84.9 Å². The van der Waals surface area contributed by atoms with Crippen LogP contribution in [0.15, 0.2) is 84.9 Å². The number of hydrogen-bond acceptors (Lipinski definition) is 3. The molecule has 0 N–H and O–H groups in total. The summed E-state index contributed by atoms with van der Waals surface area (Å²) in [4.78, 5) is 38.8. The molecule has 0 radical (unpaired) electrons. The van der Waals surface area contributed by atoms with E-state index in [4.69, 9.17) is 0 Å². The molecular weight excluding hydrogens is 384 g/mol. The van der Waals surface area contributed by atoms with Gasteiger partial charge in [-0.15, -0.1) is 0 Å². The maximum Gasteiger partial charge on any atom is 0.230 e. The SMILES string of the molecule is O=C1C(=O)C(C2CCC(c3ccccc3)(c3ccccc3)CC2)C(=O)c2ccccc21. The van der Waals surface area contributed by atoms with E-state index in [2.05, 4.69) is 48.5 Å². The van der Waals surface area contributed by atoms with Crippen LogP contribution in [-0.2, 0) is 10.2 Å². The monoisotopic (exact) mass is 408 g/mol. The molecule has 2 aliphatic carbocycles. The molecule has 154 valence electrons. The molecule has 5 rings (SSSR count). The highest BCUT2D eigenvalue weighted by Gasteiger charge is 2.47. The predicted octanol–water partition coefficient (Wildman–Crippen LogP) is 5.43. The number of benzene rings is 3. The van der Waals surface area contributed by atoms with Crippen molar-refractivity contribution in [1.29, 1.82) is 0 Å². The number of ketones is 3. The van der Waals surface area contributed by atoms with E-state index in [9.17, 15) is 14.4 Å². The Kier molecular flexibility index (Phi) is 4.90. The van der Waals surface area contributed by atoms with Crippen molar-refractivity contribution in [3.63, 3.8) is 0 Å². The van der Waals surface area contributed by atoms with Gasteiger partial charge >= 0.3 is 0 Å². The maximum absolute atomic E-state index is 13.2. The van der Waals surface area contributed by atoms with E-state index in [1.165, 1.54) is 11.1 Å². The molecule has 1 atom stereocenters. The Hall–Kier alpha value is -3.33. The van der Waals surface area contributed by atoms with Gasteiger partial charge in [0.2, 0.25) is 11.6 Å². The highest BCUT2D eigenvalue weighted by Crippen LogP contribution is 2.49. The smallest absolute Gasteiger partial charge is 0.230 e. The minimum Gasteiger partial charge on any atom is -0.293 e. The van der Waals surface area contributed by atoms with Crippen LogP contribution in [0.3, 0.4) is 0 Å². The summed E-state index contributed by atoms with van der Waals surface area (Å²) >= 11 is 0. The standard InChI is InChI=1S/C28H24O3/c29-25-22-13-7-8-14-23(22)26(30)27(31)24(25)19-15-17-28(18-16-19,20-9-3-1-4-10-20)21-11-5-2-6-12-21/h1-14,19,24H,15-18H2. The molecule has 3 nitrogen and oxygen atoms in total. The number of fused-ring (bicyclic) bond motifs is 1. The van der Waals surface area contributed by atoms with Crippen LogP contribution in [0.4, 0.5) is 0 Å². The topological polar surface area (TPSA) is 51.2 Å². The summed E-state index contributed by atoms with van der Waals surface area (Å²) in [6.07, 6.45) is 3.17. The number of carbonyl (C=O) groups excluding carboxylic acids is 3.